The summed E-state index contributed by atoms with van der Waals surface area (Å²) in [5.41, 5.74) is 4.08. The highest BCUT2D eigenvalue weighted by Gasteiger charge is 2.31. The lowest BCUT2D eigenvalue weighted by Crippen LogP contribution is -2.54. The third-order valence-electron chi connectivity index (χ3n) is 4.70. The standard InChI is InChI=1S/C19H22N4O2/c1-12-9-18(23-19(20-12)13(2)14(3)21-23)22-10-15(11-22)25-17-8-6-5-7-16(17)24-4/h5-9,15H,10-11H2,1-4H3. The van der Waals surface area contributed by atoms with Crippen LogP contribution in [0.15, 0.2) is 30.3 Å². The highest BCUT2D eigenvalue weighted by Crippen LogP contribution is 2.31. The van der Waals surface area contributed by atoms with Crippen molar-refractivity contribution in [1.29, 1.82) is 0 Å². The van der Waals surface area contributed by atoms with Crippen LogP contribution in [0.1, 0.15) is 17.0 Å². The molecule has 0 amide bonds. The van der Waals surface area contributed by atoms with Crippen LogP contribution in [-0.4, -0.2) is 40.9 Å². The summed E-state index contributed by atoms with van der Waals surface area (Å²) in [6.07, 6.45) is 0.137. The maximum absolute atomic E-state index is 6.08. The molecule has 3 heterocycles. The zero-order valence-corrected chi connectivity index (χ0v) is 15.0. The summed E-state index contributed by atoms with van der Waals surface area (Å²) < 4.78 is 13.4. The molecular weight excluding hydrogens is 316 g/mol. The number of hydrogen-bond donors (Lipinski definition) is 0. The fourth-order valence-corrected chi connectivity index (χ4v) is 3.15. The lowest BCUT2D eigenvalue weighted by molar-refractivity contribution is 0.160. The van der Waals surface area contributed by atoms with Crippen LogP contribution in [0.3, 0.4) is 0 Å². The van der Waals surface area contributed by atoms with E-state index in [0.29, 0.717) is 0 Å². The fraction of sp³-hybridized carbons (Fsp3) is 0.368. The first-order chi connectivity index (χ1) is 12.1. The van der Waals surface area contributed by atoms with Crippen LogP contribution in [-0.2, 0) is 0 Å². The normalized spacial score (nSPS) is 14.6. The van der Waals surface area contributed by atoms with Crippen molar-refractivity contribution in [3.8, 4) is 11.5 Å². The van der Waals surface area contributed by atoms with Gasteiger partial charge in [0.1, 0.15) is 11.9 Å². The monoisotopic (exact) mass is 338 g/mol. The Kier molecular flexibility index (Phi) is 3.75. The molecule has 0 unspecified atom stereocenters. The van der Waals surface area contributed by atoms with E-state index in [1.165, 1.54) is 0 Å². The smallest absolute Gasteiger partial charge is 0.161 e. The molecule has 130 valence electrons. The Balaban J connectivity index is 1.54. The Morgan fingerprint density at radius 3 is 2.52 bits per heavy atom. The summed E-state index contributed by atoms with van der Waals surface area (Å²) >= 11 is 0. The number of nitrogens with zero attached hydrogens (tertiary/aromatic N) is 4. The molecule has 6 nitrogen and oxygen atoms in total. The molecule has 3 aromatic rings. The average molecular weight is 338 g/mol. The highest BCUT2D eigenvalue weighted by atomic mass is 16.5. The summed E-state index contributed by atoms with van der Waals surface area (Å²) in [6, 6.07) is 9.84. The van der Waals surface area contributed by atoms with Crippen LogP contribution in [0, 0.1) is 20.8 Å². The number of fused-ring (bicyclic) bond motifs is 1. The van der Waals surface area contributed by atoms with Crippen LogP contribution >= 0.6 is 0 Å². The second-order valence-electron chi connectivity index (χ2n) is 6.50. The van der Waals surface area contributed by atoms with Crippen molar-refractivity contribution in [2.24, 2.45) is 0 Å². The molecule has 1 saturated heterocycles. The Hall–Kier alpha value is -2.76. The van der Waals surface area contributed by atoms with E-state index in [9.17, 15) is 0 Å². The van der Waals surface area contributed by atoms with Crippen LogP contribution in [0.4, 0.5) is 5.82 Å². The molecule has 1 aromatic carbocycles. The Morgan fingerprint density at radius 1 is 1.08 bits per heavy atom. The van der Waals surface area contributed by atoms with E-state index in [0.717, 1.165) is 53.0 Å². The molecule has 1 aliphatic heterocycles. The van der Waals surface area contributed by atoms with Gasteiger partial charge < -0.3 is 14.4 Å². The van der Waals surface area contributed by atoms with Crippen LogP contribution < -0.4 is 14.4 Å². The van der Waals surface area contributed by atoms with Gasteiger partial charge in [-0.2, -0.15) is 9.61 Å². The number of para-hydroxylation sites is 2. The highest BCUT2D eigenvalue weighted by molar-refractivity contribution is 5.58. The molecule has 0 bridgehead atoms. The Labute approximate surface area is 147 Å². The molecule has 0 radical (unpaired) electrons. The van der Waals surface area contributed by atoms with Gasteiger partial charge in [-0.3, -0.25) is 0 Å². The van der Waals surface area contributed by atoms with Crippen molar-refractivity contribution in [3.63, 3.8) is 0 Å². The molecule has 0 N–H and O–H groups in total. The van der Waals surface area contributed by atoms with Gasteiger partial charge in [0, 0.05) is 17.3 Å². The van der Waals surface area contributed by atoms with E-state index in [1.54, 1.807) is 7.11 Å². The molecule has 2 aromatic heterocycles. The number of hydrogen-bond acceptors (Lipinski definition) is 5. The molecule has 0 saturated carbocycles. The topological polar surface area (TPSA) is 51.9 Å². The third kappa shape index (κ3) is 2.67. The summed E-state index contributed by atoms with van der Waals surface area (Å²) in [5.74, 6) is 2.62. The van der Waals surface area contributed by atoms with E-state index in [1.807, 2.05) is 42.6 Å². The minimum atomic E-state index is 0.137. The molecule has 1 fully saturated rings. The van der Waals surface area contributed by atoms with Gasteiger partial charge in [0.25, 0.3) is 0 Å². The Morgan fingerprint density at radius 2 is 1.80 bits per heavy atom. The van der Waals surface area contributed by atoms with Gasteiger partial charge in [-0.1, -0.05) is 12.1 Å². The average Bonchev–Trinajstić information content (AvgIpc) is 2.85. The first-order valence-electron chi connectivity index (χ1n) is 8.45. The quantitative estimate of drug-likeness (QED) is 0.732. The number of rotatable bonds is 4. The zero-order chi connectivity index (χ0) is 17.6. The predicted octanol–water partition coefficient (Wildman–Crippen LogP) is 2.93. The fourth-order valence-electron chi connectivity index (χ4n) is 3.15. The van der Waals surface area contributed by atoms with Gasteiger partial charge in [-0.05, 0) is 32.9 Å². The van der Waals surface area contributed by atoms with Crippen molar-refractivity contribution in [2.45, 2.75) is 26.9 Å². The number of anilines is 1. The lowest BCUT2D eigenvalue weighted by atomic mass is 10.1. The summed E-state index contributed by atoms with van der Waals surface area (Å²) in [5, 5.41) is 4.64. The minimum absolute atomic E-state index is 0.137. The molecular formula is C19H22N4O2. The van der Waals surface area contributed by atoms with Gasteiger partial charge in [0.05, 0.1) is 25.9 Å². The largest absolute Gasteiger partial charge is 0.493 e. The summed E-state index contributed by atoms with van der Waals surface area (Å²) in [6.45, 7) is 7.74. The van der Waals surface area contributed by atoms with Gasteiger partial charge in [0.15, 0.2) is 17.1 Å². The predicted molar refractivity (Wildman–Crippen MR) is 96.8 cm³/mol. The van der Waals surface area contributed by atoms with E-state index in [-0.39, 0.29) is 6.10 Å². The van der Waals surface area contributed by atoms with Gasteiger partial charge in [0.2, 0.25) is 0 Å². The number of aromatic nitrogens is 3. The number of ether oxygens (including phenoxy) is 2. The van der Waals surface area contributed by atoms with E-state index < -0.39 is 0 Å². The summed E-state index contributed by atoms with van der Waals surface area (Å²) in [4.78, 5) is 6.90. The van der Waals surface area contributed by atoms with E-state index >= 15 is 0 Å². The molecule has 4 rings (SSSR count). The van der Waals surface area contributed by atoms with Gasteiger partial charge >= 0.3 is 0 Å². The van der Waals surface area contributed by atoms with Crippen LogP contribution in [0.25, 0.3) is 5.65 Å². The van der Waals surface area contributed by atoms with E-state index in [4.69, 9.17) is 9.47 Å². The van der Waals surface area contributed by atoms with Crippen molar-refractivity contribution >= 4 is 11.5 Å². The molecule has 1 aliphatic rings. The number of aryl methyl sites for hydroxylation is 3. The lowest BCUT2D eigenvalue weighted by Gasteiger charge is -2.40. The van der Waals surface area contributed by atoms with E-state index in [2.05, 4.69) is 28.0 Å². The second kappa shape index (κ2) is 5.95. The number of benzene rings is 1. The molecule has 25 heavy (non-hydrogen) atoms. The molecule has 6 heteroatoms. The van der Waals surface area contributed by atoms with Gasteiger partial charge in [-0.25, -0.2) is 4.98 Å². The first-order valence-corrected chi connectivity index (χ1v) is 8.45. The molecule has 0 aliphatic carbocycles. The van der Waals surface area contributed by atoms with Crippen molar-refractivity contribution in [1.82, 2.24) is 14.6 Å². The van der Waals surface area contributed by atoms with Crippen molar-refractivity contribution in [3.05, 3.63) is 47.3 Å². The van der Waals surface area contributed by atoms with Crippen LogP contribution in [0.2, 0.25) is 0 Å². The van der Waals surface area contributed by atoms with Gasteiger partial charge in [-0.15, -0.1) is 0 Å². The maximum Gasteiger partial charge on any atom is 0.161 e. The zero-order valence-electron chi connectivity index (χ0n) is 15.0. The second-order valence-corrected chi connectivity index (χ2v) is 6.50. The first kappa shape index (κ1) is 15.7. The summed E-state index contributed by atoms with van der Waals surface area (Å²) in [7, 11) is 1.66. The number of methoxy groups -OCH3 is 1. The third-order valence-corrected chi connectivity index (χ3v) is 4.70. The van der Waals surface area contributed by atoms with Crippen molar-refractivity contribution < 1.29 is 9.47 Å². The Bertz CT molecular complexity index is 929. The molecule has 0 spiro atoms. The molecule has 0 atom stereocenters. The van der Waals surface area contributed by atoms with Crippen molar-refractivity contribution in [2.75, 3.05) is 25.1 Å². The SMILES string of the molecule is COc1ccccc1OC1CN(c2cc(C)nc3c(C)c(C)nn23)C1. The minimum Gasteiger partial charge on any atom is -0.493 e. The van der Waals surface area contributed by atoms with Crippen LogP contribution in [0.5, 0.6) is 11.5 Å². The maximum atomic E-state index is 6.08.